The average molecular weight is 391 g/mol. The number of esters is 1. The van der Waals surface area contributed by atoms with Crippen molar-refractivity contribution in [2.75, 3.05) is 13.2 Å². The summed E-state index contributed by atoms with van der Waals surface area (Å²) in [7, 11) is 0. The highest BCUT2D eigenvalue weighted by Crippen LogP contribution is 2.40. The van der Waals surface area contributed by atoms with Crippen molar-refractivity contribution in [1.82, 2.24) is 4.90 Å². The largest absolute Gasteiger partial charge is 0.465 e. The minimum Gasteiger partial charge on any atom is -0.465 e. The monoisotopic (exact) mass is 391 g/mol. The first-order valence-corrected chi connectivity index (χ1v) is 8.21. The van der Waals surface area contributed by atoms with Gasteiger partial charge in [-0.2, -0.15) is 0 Å². The molecule has 1 aliphatic carbocycles. The summed E-state index contributed by atoms with van der Waals surface area (Å²) in [5.74, 6) is 0.0716. The van der Waals surface area contributed by atoms with E-state index in [1.165, 1.54) is 0 Å². The number of alkyl halides is 1. The van der Waals surface area contributed by atoms with E-state index in [4.69, 9.17) is 4.74 Å². The number of ether oxygens (including phenoxy) is 1. The molecule has 0 aromatic heterocycles. The van der Waals surface area contributed by atoms with Crippen LogP contribution in [0, 0.1) is 5.41 Å². The maximum absolute atomic E-state index is 12.1. The molecule has 1 atom stereocenters. The summed E-state index contributed by atoms with van der Waals surface area (Å²) in [4.78, 5) is 26.0. The molecule has 0 radical (unpaired) electrons. The number of carbonyl (C=O) groups excluding carboxylic acids is 2. The first kappa shape index (κ1) is 15.8. The minimum absolute atomic E-state index is 0.0535. The Kier molecular flexibility index (Phi) is 4.47. The fraction of sp³-hybridized carbons (Fsp3) is 0.733. The third-order valence-corrected chi connectivity index (χ3v) is 5.36. The molecule has 1 aliphatic heterocycles. The number of allylic oxidation sites excluding steroid dienone is 2. The van der Waals surface area contributed by atoms with Crippen LogP contribution in [0.15, 0.2) is 11.8 Å². The van der Waals surface area contributed by atoms with Gasteiger partial charge in [0.05, 0.1) is 6.61 Å². The molecule has 20 heavy (non-hydrogen) atoms. The predicted octanol–water partition coefficient (Wildman–Crippen LogP) is 3.05. The van der Waals surface area contributed by atoms with Gasteiger partial charge in [0.1, 0.15) is 3.42 Å². The van der Waals surface area contributed by atoms with Crippen molar-refractivity contribution in [2.24, 2.45) is 5.41 Å². The van der Waals surface area contributed by atoms with Crippen molar-refractivity contribution >= 4 is 34.5 Å². The van der Waals surface area contributed by atoms with Crippen LogP contribution in [0.1, 0.15) is 46.5 Å². The molecule has 1 fully saturated rings. The van der Waals surface area contributed by atoms with Crippen LogP contribution in [0.2, 0.25) is 0 Å². The van der Waals surface area contributed by atoms with Gasteiger partial charge >= 0.3 is 5.97 Å². The molecule has 1 unspecified atom stereocenters. The van der Waals surface area contributed by atoms with E-state index in [-0.39, 0.29) is 17.3 Å². The summed E-state index contributed by atoms with van der Waals surface area (Å²) in [6.07, 6.45) is 4.81. The number of nitrogens with zero attached hydrogens (tertiary/aromatic N) is 1. The summed E-state index contributed by atoms with van der Waals surface area (Å²) in [5, 5.41) is 0. The van der Waals surface area contributed by atoms with Gasteiger partial charge in [0.25, 0.3) is 0 Å². The lowest BCUT2D eigenvalue weighted by Gasteiger charge is -2.32. The molecule has 0 N–H and O–H groups in total. The molecule has 1 amide bonds. The molecule has 1 heterocycles. The Morgan fingerprint density at radius 1 is 1.50 bits per heavy atom. The highest BCUT2D eigenvalue weighted by molar-refractivity contribution is 14.1. The van der Waals surface area contributed by atoms with Gasteiger partial charge in [0.2, 0.25) is 5.91 Å². The summed E-state index contributed by atoms with van der Waals surface area (Å²) in [5.41, 5.74) is 1.13. The lowest BCUT2D eigenvalue weighted by atomic mass is 9.91. The zero-order chi connectivity index (χ0) is 15.0. The molecule has 112 valence electrons. The maximum atomic E-state index is 12.1. The van der Waals surface area contributed by atoms with E-state index in [0.717, 1.165) is 25.1 Å². The van der Waals surface area contributed by atoms with Crippen molar-refractivity contribution in [1.29, 1.82) is 0 Å². The van der Waals surface area contributed by atoms with Gasteiger partial charge in [-0.25, -0.2) is 0 Å². The molecule has 2 rings (SSSR count). The highest BCUT2D eigenvalue weighted by atomic mass is 127. The van der Waals surface area contributed by atoms with Crippen LogP contribution in [0.3, 0.4) is 0 Å². The standard InChI is InChI=1S/C15H22INO3/c1-4-20-13(19)15(16)7-5-11(6-8-15)17-10-14(2,3)9-12(17)18/h5H,4,6-10H2,1-3H3. The molecule has 0 aromatic carbocycles. The summed E-state index contributed by atoms with van der Waals surface area (Å²) >= 11 is 2.20. The molecular weight excluding hydrogens is 369 g/mol. The van der Waals surface area contributed by atoms with Crippen LogP contribution < -0.4 is 0 Å². The van der Waals surface area contributed by atoms with E-state index in [9.17, 15) is 9.59 Å². The van der Waals surface area contributed by atoms with Gasteiger partial charge in [-0.1, -0.05) is 42.5 Å². The molecule has 0 aromatic rings. The lowest BCUT2D eigenvalue weighted by Crippen LogP contribution is -2.37. The van der Waals surface area contributed by atoms with Crippen molar-refractivity contribution in [3.05, 3.63) is 11.8 Å². The number of rotatable bonds is 3. The van der Waals surface area contributed by atoms with Crippen molar-refractivity contribution in [2.45, 2.75) is 49.9 Å². The summed E-state index contributed by atoms with van der Waals surface area (Å²) in [6.45, 7) is 7.27. The fourth-order valence-electron chi connectivity index (χ4n) is 2.84. The third-order valence-electron chi connectivity index (χ3n) is 3.94. The Morgan fingerprint density at radius 2 is 2.20 bits per heavy atom. The molecular formula is C15H22INO3. The smallest absolute Gasteiger partial charge is 0.322 e. The van der Waals surface area contributed by atoms with Gasteiger partial charge in [0, 0.05) is 18.7 Å². The first-order chi connectivity index (χ1) is 9.27. The third kappa shape index (κ3) is 3.18. The first-order valence-electron chi connectivity index (χ1n) is 7.13. The van der Waals surface area contributed by atoms with E-state index in [1.54, 1.807) is 0 Å². The second-order valence-corrected chi connectivity index (χ2v) is 8.47. The minimum atomic E-state index is -0.463. The summed E-state index contributed by atoms with van der Waals surface area (Å²) < 4.78 is 4.68. The van der Waals surface area contributed by atoms with Crippen LogP contribution in [-0.2, 0) is 14.3 Å². The molecule has 1 saturated heterocycles. The fourth-order valence-corrected chi connectivity index (χ4v) is 3.49. The van der Waals surface area contributed by atoms with E-state index >= 15 is 0 Å². The van der Waals surface area contributed by atoms with Crippen LogP contribution in [0.25, 0.3) is 0 Å². The highest BCUT2D eigenvalue weighted by Gasteiger charge is 2.42. The maximum Gasteiger partial charge on any atom is 0.322 e. The number of carbonyl (C=O) groups is 2. The number of amides is 1. The van der Waals surface area contributed by atoms with Gasteiger partial charge < -0.3 is 9.64 Å². The molecule has 0 saturated carbocycles. The number of halogens is 1. The summed E-state index contributed by atoms with van der Waals surface area (Å²) in [6, 6.07) is 0. The molecule has 4 nitrogen and oxygen atoms in total. The SMILES string of the molecule is CCOC(=O)C1(I)CC=C(N2CC(C)(C)CC2=O)CC1. The zero-order valence-electron chi connectivity index (χ0n) is 12.4. The Balaban J connectivity index is 2.06. The van der Waals surface area contributed by atoms with E-state index < -0.39 is 3.42 Å². The predicted molar refractivity (Wildman–Crippen MR) is 85.4 cm³/mol. The van der Waals surface area contributed by atoms with Gasteiger partial charge in [0.15, 0.2) is 0 Å². The number of hydrogen-bond acceptors (Lipinski definition) is 3. The Hall–Kier alpha value is -0.590. The van der Waals surface area contributed by atoms with Gasteiger partial charge in [-0.15, -0.1) is 0 Å². The van der Waals surface area contributed by atoms with E-state index in [2.05, 4.69) is 36.4 Å². The second kappa shape index (κ2) is 5.66. The molecule has 0 bridgehead atoms. The van der Waals surface area contributed by atoms with Crippen LogP contribution >= 0.6 is 22.6 Å². The lowest BCUT2D eigenvalue weighted by molar-refractivity contribution is -0.145. The topological polar surface area (TPSA) is 46.6 Å². The zero-order valence-corrected chi connectivity index (χ0v) is 14.5. The second-order valence-electron chi connectivity index (χ2n) is 6.41. The van der Waals surface area contributed by atoms with Gasteiger partial charge in [-0.05, 0) is 31.6 Å². The Morgan fingerprint density at radius 3 is 2.65 bits per heavy atom. The van der Waals surface area contributed by atoms with Crippen molar-refractivity contribution in [3.8, 4) is 0 Å². The number of hydrogen-bond donors (Lipinski definition) is 0. The Bertz CT molecular complexity index is 458. The van der Waals surface area contributed by atoms with E-state index in [1.807, 2.05) is 17.9 Å². The van der Waals surface area contributed by atoms with Crippen LogP contribution in [-0.4, -0.2) is 33.3 Å². The van der Waals surface area contributed by atoms with Gasteiger partial charge in [-0.3, -0.25) is 9.59 Å². The quantitative estimate of drug-likeness (QED) is 0.422. The molecule has 0 spiro atoms. The molecule has 5 heteroatoms. The molecule has 2 aliphatic rings. The Labute approximate surface area is 134 Å². The van der Waals surface area contributed by atoms with Crippen molar-refractivity contribution in [3.63, 3.8) is 0 Å². The average Bonchev–Trinajstić information content (AvgIpc) is 2.64. The van der Waals surface area contributed by atoms with Crippen LogP contribution in [0.5, 0.6) is 0 Å². The number of likely N-dealkylation sites (tertiary alicyclic amines) is 1. The van der Waals surface area contributed by atoms with Crippen LogP contribution in [0.4, 0.5) is 0 Å². The van der Waals surface area contributed by atoms with E-state index in [0.29, 0.717) is 19.4 Å². The van der Waals surface area contributed by atoms with Crippen molar-refractivity contribution < 1.29 is 14.3 Å². The normalized spacial score (nSPS) is 29.3.